The van der Waals surface area contributed by atoms with Crippen molar-refractivity contribution in [1.29, 1.82) is 0 Å². The Bertz CT molecular complexity index is 1090. The molecule has 0 atom stereocenters. The van der Waals surface area contributed by atoms with Gasteiger partial charge in [-0.2, -0.15) is 0 Å². The zero-order valence-corrected chi connectivity index (χ0v) is 17.4. The Labute approximate surface area is 178 Å². The normalized spacial score (nSPS) is 12.9. The van der Waals surface area contributed by atoms with Crippen molar-refractivity contribution in [3.8, 4) is 10.6 Å². The molecule has 1 N–H and O–H groups in total. The number of hydrogen-bond donors (Lipinski definition) is 1. The number of rotatable bonds is 7. The summed E-state index contributed by atoms with van der Waals surface area (Å²) in [6.07, 6.45) is 0.658. The molecular weight excluding hydrogens is 398 g/mol. The highest BCUT2D eigenvalue weighted by Gasteiger charge is 2.34. The number of fused-ring (bicyclic) bond motifs is 1. The number of thiazole rings is 1. The number of benzene rings is 2. The fourth-order valence-corrected chi connectivity index (χ4v) is 4.35. The van der Waals surface area contributed by atoms with E-state index in [-0.39, 0.29) is 30.7 Å². The van der Waals surface area contributed by atoms with Crippen LogP contribution in [0.2, 0.25) is 0 Å². The van der Waals surface area contributed by atoms with E-state index in [2.05, 4.69) is 10.3 Å². The molecule has 3 aromatic rings. The average molecular weight is 420 g/mol. The van der Waals surface area contributed by atoms with Crippen molar-refractivity contribution in [2.45, 2.75) is 26.3 Å². The van der Waals surface area contributed by atoms with E-state index in [4.69, 9.17) is 0 Å². The molecule has 0 fully saturated rings. The number of nitrogens with one attached hydrogen (secondary N) is 1. The fraction of sp³-hybridized carbons (Fsp3) is 0.217. The Morgan fingerprint density at radius 1 is 1.00 bits per heavy atom. The Morgan fingerprint density at radius 2 is 1.63 bits per heavy atom. The molecular formula is C23H21N3O3S. The molecule has 0 saturated carbocycles. The molecule has 0 saturated heterocycles. The third-order valence-corrected chi connectivity index (χ3v) is 5.98. The van der Waals surface area contributed by atoms with Crippen LogP contribution in [0, 0.1) is 6.92 Å². The number of carbonyl (C=O) groups excluding carboxylic acids is 3. The maximum absolute atomic E-state index is 12.3. The van der Waals surface area contributed by atoms with Gasteiger partial charge >= 0.3 is 0 Å². The van der Waals surface area contributed by atoms with Gasteiger partial charge in [0.25, 0.3) is 11.8 Å². The molecule has 6 nitrogen and oxygen atoms in total. The number of nitrogens with zero attached hydrogens (tertiary/aromatic N) is 2. The summed E-state index contributed by atoms with van der Waals surface area (Å²) in [6, 6.07) is 14.9. The summed E-state index contributed by atoms with van der Waals surface area (Å²) in [5.41, 5.74) is 3.93. The second-order valence-corrected chi connectivity index (χ2v) is 8.00. The Morgan fingerprint density at radius 3 is 2.30 bits per heavy atom. The first kappa shape index (κ1) is 20.0. The van der Waals surface area contributed by atoms with Gasteiger partial charge in [0, 0.05) is 23.9 Å². The van der Waals surface area contributed by atoms with Gasteiger partial charge in [-0.1, -0.05) is 36.4 Å². The van der Waals surface area contributed by atoms with Crippen LogP contribution in [0.1, 0.15) is 44.8 Å². The van der Waals surface area contributed by atoms with E-state index in [1.54, 1.807) is 35.6 Å². The summed E-state index contributed by atoms with van der Waals surface area (Å²) in [7, 11) is 0. The minimum absolute atomic E-state index is 0.128. The Kier molecular flexibility index (Phi) is 5.72. The van der Waals surface area contributed by atoms with Crippen LogP contribution in [-0.4, -0.2) is 34.2 Å². The SMILES string of the molecule is Cc1ccccc1-c1nc(CNC(=O)CCCN2C(=O)c3ccccc3C2=O)cs1. The highest BCUT2D eigenvalue weighted by molar-refractivity contribution is 7.13. The lowest BCUT2D eigenvalue weighted by atomic mass is 10.1. The van der Waals surface area contributed by atoms with Crippen LogP contribution in [0.3, 0.4) is 0 Å². The minimum atomic E-state index is -0.290. The van der Waals surface area contributed by atoms with Crippen LogP contribution in [-0.2, 0) is 11.3 Å². The second-order valence-electron chi connectivity index (χ2n) is 7.15. The molecule has 0 unspecified atom stereocenters. The quantitative estimate of drug-likeness (QED) is 0.591. The van der Waals surface area contributed by atoms with E-state index in [1.165, 1.54) is 4.90 Å². The highest BCUT2D eigenvalue weighted by Crippen LogP contribution is 2.26. The molecule has 2 heterocycles. The lowest BCUT2D eigenvalue weighted by Gasteiger charge is -2.13. The summed E-state index contributed by atoms with van der Waals surface area (Å²) in [6.45, 7) is 2.63. The van der Waals surface area contributed by atoms with Crippen LogP contribution in [0.25, 0.3) is 10.6 Å². The Balaban J connectivity index is 1.25. The maximum atomic E-state index is 12.3. The molecule has 152 valence electrons. The smallest absolute Gasteiger partial charge is 0.261 e. The van der Waals surface area contributed by atoms with Gasteiger partial charge < -0.3 is 5.32 Å². The number of carbonyl (C=O) groups is 3. The standard InChI is InChI=1S/C23H21N3O3S/c1-15-7-2-3-8-17(15)21-25-16(14-30-21)13-24-20(27)11-6-12-26-22(28)18-9-4-5-10-19(18)23(26)29/h2-5,7-10,14H,6,11-13H2,1H3,(H,24,27). The first-order valence-electron chi connectivity index (χ1n) is 9.77. The van der Waals surface area contributed by atoms with Crippen molar-refractivity contribution in [2.75, 3.05) is 6.54 Å². The van der Waals surface area contributed by atoms with E-state index < -0.39 is 0 Å². The third kappa shape index (κ3) is 4.02. The summed E-state index contributed by atoms with van der Waals surface area (Å²) in [5, 5.41) is 5.74. The molecule has 2 aromatic carbocycles. The average Bonchev–Trinajstić information content (AvgIpc) is 3.32. The van der Waals surface area contributed by atoms with E-state index in [1.807, 2.05) is 36.6 Å². The molecule has 0 bridgehead atoms. The highest BCUT2D eigenvalue weighted by atomic mass is 32.1. The van der Waals surface area contributed by atoms with E-state index in [0.717, 1.165) is 21.8 Å². The molecule has 1 aliphatic rings. The summed E-state index contributed by atoms with van der Waals surface area (Å²) in [5.74, 6) is -0.707. The van der Waals surface area contributed by atoms with Crippen LogP contribution < -0.4 is 5.32 Å². The van der Waals surface area contributed by atoms with Gasteiger partial charge in [0.15, 0.2) is 0 Å². The number of imide groups is 1. The molecule has 1 aliphatic heterocycles. The summed E-state index contributed by atoms with van der Waals surface area (Å²) in [4.78, 5) is 42.7. The molecule has 4 rings (SSSR count). The van der Waals surface area contributed by atoms with Crippen molar-refractivity contribution >= 4 is 29.1 Å². The van der Waals surface area contributed by atoms with Gasteiger partial charge in [0.2, 0.25) is 5.91 Å². The molecule has 3 amide bonds. The molecule has 7 heteroatoms. The molecule has 1 aromatic heterocycles. The van der Waals surface area contributed by atoms with Gasteiger partial charge in [-0.25, -0.2) is 4.98 Å². The molecule has 0 radical (unpaired) electrons. The number of amides is 3. The Hall–Kier alpha value is -3.32. The fourth-order valence-electron chi connectivity index (χ4n) is 3.44. The van der Waals surface area contributed by atoms with Gasteiger partial charge in [-0.15, -0.1) is 11.3 Å². The third-order valence-electron chi connectivity index (χ3n) is 5.06. The van der Waals surface area contributed by atoms with E-state index >= 15 is 0 Å². The van der Waals surface area contributed by atoms with Gasteiger partial charge in [0.05, 0.1) is 23.4 Å². The predicted molar refractivity (Wildman–Crippen MR) is 115 cm³/mol. The van der Waals surface area contributed by atoms with E-state index in [9.17, 15) is 14.4 Å². The minimum Gasteiger partial charge on any atom is -0.350 e. The first-order chi connectivity index (χ1) is 14.5. The van der Waals surface area contributed by atoms with Crippen LogP contribution >= 0.6 is 11.3 Å². The lowest BCUT2D eigenvalue weighted by Crippen LogP contribution is -2.32. The van der Waals surface area contributed by atoms with Crippen molar-refractivity contribution in [3.63, 3.8) is 0 Å². The summed E-state index contributed by atoms with van der Waals surface area (Å²) < 4.78 is 0. The van der Waals surface area contributed by atoms with E-state index in [0.29, 0.717) is 24.1 Å². The molecule has 0 spiro atoms. The lowest BCUT2D eigenvalue weighted by molar-refractivity contribution is -0.121. The van der Waals surface area contributed by atoms with Crippen molar-refractivity contribution < 1.29 is 14.4 Å². The number of aryl methyl sites for hydroxylation is 1. The maximum Gasteiger partial charge on any atom is 0.261 e. The molecule has 0 aliphatic carbocycles. The second kappa shape index (κ2) is 8.59. The first-order valence-corrected chi connectivity index (χ1v) is 10.6. The largest absolute Gasteiger partial charge is 0.350 e. The van der Waals surface area contributed by atoms with Crippen molar-refractivity contribution in [2.24, 2.45) is 0 Å². The van der Waals surface area contributed by atoms with Gasteiger partial charge in [-0.05, 0) is 31.0 Å². The van der Waals surface area contributed by atoms with Crippen molar-refractivity contribution in [3.05, 3.63) is 76.3 Å². The zero-order valence-electron chi connectivity index (χ0n) is 16.6. The van der Waals surface area contributed by atoms with Crippen LogP contribution in [0.5, 0.6) is 0 Å². The predicted octanol–water partition coefficient (Wildman–Crippen LogP) is 3.81. The molecule has 30 heavy (non-hydrogen) atoms. The van der Waals surface area contributed by atoms with Gasteiger partial charge in [0.1, 0.15) is 5.01 Å². The monoisotopic (exact) mass is 419 g/mol. The topological polar surface area (TPSA) is 79.4 Å². The van der Waals surface area contributed by atoms with Gasteiger partial charge in [-0.3, -0.25) is 19.3 Å². The van der Waals surface area contributed by atoms with Crippen LogP contribution in [0.15, 0.2) is 53.9 Å². The number of hydrogen-bond acceptors (Lipinski definition) is 5. The summed E-state index contributed by atoms with van der Waals surface area (Å²) >= 11 is 1.55. The number of aromatic nitrogens is 1. The van der Waals surface area contributed by atoms with Crippen molar-refractivity contribution in [1.82, 2.24) is 15.2 Å². The zero-order chi connectivity index (χ0) is 21.1. The van der Waals surface area contributed by atoms with Crippen LogP contribution in [0.4, 0.5) is 0 Å².